The molecule has 0 radical (unpaired) electrons. The highest BCUT2D eigenvalue weighted by atomic mass is 79.9. The van der Waals surface area contributed by atoms with Crippen LogP contribution in [0.3, 0.4) is 0 Å². The van der Waals surface area contributed by atoms with Gasteiger partial charge in [0.25, 0.3) is 0 Å². The fourth-order valence-electron chi connectivity index (χ4n) is 3.12. The minimum atomic E-state index is -0.145. The molecule has 1 fully saturated rings. The van der Waals surface area contributed by atoms with Gasteiger partial charge in [-0.1, -0.05) is 29.8 Å². The lowest BCUT2D eigenvalue weighted by Gasteiger charge is -2.21. The molecule has 2 rings (SSSR count). The first-order valence-electron chi connectivity index (χ1n) is 6.78. The van der Waals surface area contributed by atoms with Crippen molar-refractivity contribution < 1.29 is 4.39 Å². The highest BCUT2D eigenvalue weighted by molar-refractivity contribution is 9.10. The van der Waals surface area contributed by atoms with Gasteiger partial charge in [0, 0.05) is 10.5 Å². The Morgan fingerprint density at radius 3 is 2.78 bits per heavy atom. The molecule has 3 atom stereocenters. The van der Waals surface area contributed by atoms with Gasteiger partial charge in [0.05, 0.1) is 0 Å². The van der Waals surface area contributed by atoms with Crippen LogP contribution in [0.15, 0.2) is 22.7 Å². The Morgan fingerprint density at radius 1 is 1.33 bits per heavy atom. The summed E-state index contributed by atoms with van der Waals surface area (Å²) in [6, 6.07) is 5.86. The molecule has 0 saturated heterocycles. The predicted octanol–water partition coefficient (Wildman–Crippen LogP) is 4.15. The normalized spacial score (nSPS) is 27.7. The lowest BCUT2D eigenvalue weighted by atomic mass is 9.89. The number of hydrogen-bond donors (Lipinski definition) is 1. The first-order chi connectivity index (χ1) is 8.60. The third-order valence-corrected chi connectivity index (χ3v) is 4.57. The Morgan fingerprint density at radius 2 is 2.11 bits per heavy atom. The Kier molecular flexibility index (Phi) is 4.79. The van der Waals surface area contributed by atoms with Crippen molar-refractivity contribution in [1.82, 2.24) is 5.32 Å². The van der Waals surface area contributed by atoms with Gasteiger partial charge in [-0.3, -0.25) is 0 Å². The van der Waals surface area contributed by atoms with Crippen molar-refractivity contribution in [3.05, 3.63) is 34.1 Å². The van der Waals surface area contributed by atoms with Gasteiger partial charge in [-0.2, -0.15) is 0 Å². The molecule has 3 heteroatoms. The van der Waals surface area contributed by atoms with Gasteiger partial charge >= 0.3 is 0 Å². The maximum Gasteiger partial charge on any atom is 0.124 e. The highest BCUT2D eigenvalue weighted by Crippen LogP contribution is 2.34. The summed E-state index contributed by atoms with van der Waals surface area (Å²) in [4.78, 5) is 0. The van der Waals surface area contributed by atoms with Crippen LogP contribution in [0, 0.1) is 17.7 Å². The van der Waals surface area contributed by atoms with Crippen molar-refractivity contribution in [1.29, 1.82) is 0 Å². The number of halogens is 2. The summed E-state index contributed by atoms with van der Waals surface area (Å²) in [5.41, 5.74) is 1.11. The van der Waals surface area contributed by atoms with E-state index in [9.17, 15) is 4.39 Å². The van der Waals surface area contributed by atoms with Crippen molar-refractivity contribution in [2.24, 2.45) is 11.8 Å². The molecule has 0 bridgehead atoms. The second kappa shape index (κ2) is 6.16. The van der Waals surface area contributed by atoms with Crippen LogP contribution < -0.4 is 5.32 Å². The summed E-state index contributed by atoms with van der Waals surface area (Å²) in [6.07, 6.45) is 3.47. The summed E-state index contributed by atoms with van der Waals surface area (Å²) in [5, 5.41) is 3.55. The summed E-state index contributed by atoms with van der Waals surface area (Å²) in [5.74, 6) is 1.20. The Labute approximate surface area is 117 Å². The van der Waals surface area contributed by atoms with E-state index in [0.29, 0.717) is 17.9 Å². The van der Waals surface area contributed by atoms with Crippen molar-refractivity contribution in [3.8, 4) is 0 Å². The zero-order chi connectivity index (χ0) is 13.1. The average molecular weight is 314 g/mol. The molecule has 1 aromatic rings. The van der Waals surface area contributed by atoms with Gasteiger partial charge in [-0.25, -0.2) is 4.39 Å². The van der Waals surface area contributed by atoms with Crippen molar-refractivity contribution >= 4 is 15.9 Å². The average Bonchev–Trinajstić information content (AvgIpc) is 2.61. The van der Waals surface area contributed by atoms with E-state index in [2.05, 4.69) is 35.1 Å². The number of rotatable bonds is 4. The molecule has 1 aliphatic rings. The molecule has 1 aromatic carbocycles. The van der Waals surface area contributed by atoms with Gasteiger partial charge < -0.3 is 5.32 Å². The molecule has 1 saturated carbocycles. The molecule has 0 amide bonds. The molecular formula is C15H21BrFN. The molecule has 0 aromatic heterocycles. The van der Waals surface area contributed by atoms with E-state index in [-0.39, 0.29) is 5.82 Å². The quantitative estimate of drug-likeness (QED) is 0.880. The van der Waals surface area contributed by atoms with E-state index < -0.39 is 0 Å². The fraction of sp³-hybridized carbons (Fsp3) is 0.600. The third-order valence-electron chi connectivity index (χ3n) is 4.11. The number of hydrogen-bond acceptors (Lipinski definition) is 1. The summed E-state index contributed by atoms with van der Waals surface area (Å²) < 4.78 is 14.2. The van der Waals surface area contributed by atoms with Crippen LogP contribution in [-0.2, 0) is 6.42 Å². The zero-order valence-electron chi connectivity index (χ0n) is 11.0. The van der Waals surface area contributed by atoms with Crippen LogP contribution in [0.5, 0.6) is 0 Å². The molecule has 1 N–H and O–H groups in total. The molecule has 1 aliphatic carbocycles. The summed E-state index contributed by atoms with van der Waals surface area (Å²) in [7, 11) is 0. The Hall–Kier alpha value is -0.410. The van der Waals surface area contributed by atoms with E-state index >= 15 is 0 Å². The smallest absolute Gasteiger partial charge is 0.124 e. The van der Waals surface area contributed by atoms with Gasteiger partial charge in [-0.05, 0) is 61.4 Å². The van der Waals surface area contributed by atoms with Crippen LogP contribution >= 0.6 is 15.9 Å². The third kappa shape index (κ3) is 3.33. The van der Waals surface area contributed by atoms with E-state index in [4.69, 9.17) is 0 Å². The van der Waals surface area contributed by atoms with Crippen LogP contribution in [0.25, 0.3) is 0 Å². The van der Waals surface area contributed by atoms with E-state index in [1.807, 2.05) is 6.07 Å². The van der Waals surface area contributed by atoms with Crippen molar-refractivity contribution in [2.75, 3.05) is 6.54 Å². The Balaban J connectivity index is 2.01. The molecule has 0 spiro atoms. The first-order valence-corrected chi connectivity index (χ1v) is 7.57. The van der Waals surface area contributed by atoms with Gasteiger partial charge in [0.1, 0.15) is 5.82 Å². The monoisotopic (exact) mass is 313 g/mol. The van der Waals surface area contributed by atoms with Gasteiger partial charge in [0.2, 0.25) is 0 Å². The van der Waals surface area contributed by atoms with E-state index in [1.165, 1.54) is 18.9 Å². The molecule has 1 nitrogen and oxygen atoms in total. The van der Waals surface area contributed by atoms with Crippen LogP contribution in [-0.4, -0.2) is 12.6 Å². The molecule has 0 aliphatic heterocycles. The molecular weight excluding hydrogens is 293 g/mol. The van der Waals surface area contributed by atoms with Gasteiger partial charge in [-0.15, -0.1) is 0 Å². The van der Waals surface area contributed by atoms with Crippen LogP contribution in [0.2, 0.25) is 0 Å². The summed E-state index contributed by atoms with van der Waals surface area (Å²) >= 11 is 3.36. The minimum absolute atomic E-state index is 0.145. The lowest BCUT2D eigenvalue weighted by Crippen LogP contribution is -2.32. The Bertz CT molecular complexity index is 387. The number of benzene rings is 1. The second-order valence-corrected chi connectivity index (χ2v) is 6.26. The molecule has 3 unspecified atom stereocenters. The lowest BCUT2D eigenvalue weighted by molar-refractivity contribution is 0.355. The largest absolute Gasteiger partial charge is 0.314 e. The molecule has 18 heavy (non-hydrogen) atoms. The second-order valence-electron chi connectivity index (χ2n) is 5.34. The molecule has 0 heterocycles. The van der Waals surface area contributed by atoms with Gasteiger partial charge in [0.15, 0.2) is 0 Å². The maximum absolute atomic E-state index is 13.4. The zero-order valence-corrected chi connectivity index (χ0v) is 12.6. The van der Waals surface area contributed by atoms with E-state index in [1.54, 1.807) is 6.07 Å². The maximum atomic E-state index is 13.4. The topological polar surface area (TPSA) is 12.0 Å². The fourth-order valence-corrected chi connectivity index (χ4v) is 3.63. The minimum Gasteiger partial charge on any atom is -0.314 e. The van der Waals surface area contributed by atoms with Crippen LogP contribution in [0.1, 0.15) is 32.3 Å². The van der Waals surface area contributed by atoms with E-state index in [0.717, 1.165) is 23.0 Å². The SMILES string of the molecule is CCNC1CCC(Cc2cc(F)cc(Br)c2)C1C. The standard InChI is InChI=1S/C15H21BrFN/c1-3-18-15-5-4-12(10(15)2)6-11-7-13(16)9-14(17)8-11/h7-10,12,15,18H,3-6H2,1-2H3. The summed E-state index contributed by atoms with van der Waals surface area (Å²) in [6.45, 7) is 5.51. The highest BCUT2D eigenvalue weighted by Gasteiger charge is 2.31. The van der Waals surface area contributed by atoms with Crippen molar-refractivity contribution in [2.45, 2.75) is 39.2 Å². The molecule has 100 valence electrons. The number of nitrogens with one attached hydrogen (secondary N) is 1. The first kappa shape index (κ1) is 14.0. The van der Waals surface area contributed by atoms with Crippen LogP contribution in [0.4, 0.5) is 4.39 Å². The predicted molar refractivity (Wildman–Crippen MR) is 77.2 cm³/mol. The van der Waals surface area contributed by atoms with Crippen molar-refractivity contribution in [3.63, 3.8) is 0 Å².